The van der Waals surface area contributed by atoms with Crippen LogP contribution in [-0.2, 0) is 0 Å². The van der Waals surface area contributed by atoms with Crippen molar-refractivity contribution in [3.05, 3.63) is 271 Å². The molecule has 0 heterocycles. The molecule has 0 atom stereocenters. The Bertz CT molecular complexity index is 2610. The SMILES string of the molecule is C(=Cc1ccc(N(c2ccccc2)c2ccc(N(c3ccccc3)c3ccc(N(c4ccccc4)c4ccc(C=Cc5ccccc5)cc4)cc3)cc2)cc1)c1ccccc1. The average molecular weight is 784 g/mol. The lowest BCUT2D eigenvalue weighted by molar-refractivity contribution is 1.24. The summed E-state index contributed by atoms with van der Waals surface area (Å²) in [5.74, 6) is 0. The summed E-state index contributed by atoms with van der Waals surface area (Å²) in [7, 11) is 0. The Kier molecular flexibility index (Phi) is 11.7. The molecule has 0 saturated carbocycles. The highest BCUT2D eigenvalue weighted by atomic mass is 15.2. The molecule has 0 aliphatic heterocycles. The van der Waals surface area contributed by atoms with Crippen molar-refractivity contribution in [3.63, 3.8) is 0 Å². The second kappa shape index (κ2) is 18.6. The third kappa shape index (κ3) is 9.28. The van der Waals surface area contributed by atoms with Gasteiger partial charge in [0.1, 0.15) is 0 Å². The van der Waals surface area contributed by atoms with Crippen molar-refractivity contribution in [2.75, 3.05) is 14.7 Å². The lowest BCUT2D eigenvalue weighted by Crippen LogP contribution is -2.13. The Labute approximate surface area is 359 Å². The summed E-state index contributed by atoms with van der Waals surface area (Å²) >= 11 is 0. The van der Waals surface area contributed by atoms with Crippen molar-refractivity contribution < 1.29 is 0 Å². The molecule has 0 saturated heterocycles. The van der Waals surface area contributed by atoms with Crippen molar-refractivity contribution in [1.82, 2.24) is 0 Å². The first-order chi connectivity index (χ1) is 30.2. The second-order valence-electron chi connectivity index (χ2n) is 14.7. The topological polar surface area (TPSA) is 9.72 Å². The van der Waals surface area contributed by atoms with E-state index >= 15 is 0 Å². The Balaban J connectivity index is 1.01. The minimum Gasteiger partial charge on any atom is -0.311 e. The molecule has 0 amide bonds. The molecule has 3 heteroatoms. The van der Waals surface area contributed by atoms with Crippen LogP contribution in [0.3, 0.4) is 0 Å². The molecule has 0 aromatic heterocycles. The van der Waals surface area contributed by atoms with Crippen LogP contribution < -0.4 is 14.7 Å². The molecule has 0 fully saturated rings. The lowest BCUT2D eigenvalue weighted by atomic mass is 10.1. The zero-order valence-corrected chi connectivity index (χ0v) is 33.8. The molecule has 0 N–H and O–H groups in total. The van der Waals surface area contributed by atoms with Crippen LogP contribution in [-0.4, -0.2) is 0 Å². The summed E-state index contributed by atoms with van der Waals surface area (Å²) < 4.78 is 0. The summed E-state index contributed by atoms with van der Waals surface area (Å²) in [6.45, 7) is 0. The number of hydrogen-bond donors (Lipinski definition) is 0. The number of anilines is 9. The van der Waals surface area contributed by atoms with E-state index in [1.165, 1.54) is 11.1 Å². The lowest BCUT2D eigenvalue weighted by Gasteiger charge is -2.29. The van der Waals surface area contributed by atoms with Crippen molar-refractivity contribution in [2.45, 2.75) is 0 Å². The van der Waals surface area contributed by atoms with E-state index in [9.17, 15) is 0 Å². The Hall–Kier alpha value is -8.14. The fourth-order valence-electron chi connectivity index (χ4n) is 7.56. The minimum absolute atomic E-state index is 1.07. The Morgan fingerprint density at radius 3 is 0.557 bits per heavy atom. The predicted octanol–water partition coefficient (Wildman–Crippen LogP) is 16.4. The van der Waals surface area contributed by atoms with Gasteiger partial charge in [-0.2, -0.15) is 0 Å². The molecule has 0 aliphatic carbocycles. The number of hydrogen-bond acceptors (Lipinski definition) is 3. The molecule has 3 nitrogen and oxygen atoms in total. The smallest absolute Gasteiger partial charge is 0.0463 e. The van der Waals surface area contributed by atoms with Gasteiger partial charge in [0.15, 0.2) is 0 Å². The molecule has 0 radical (unpaired) electrons. The van der Waals surface area contributed by atoms with E-state index in [1.807, 2.05) is 12.1 Å². The quantitative estimate of drug-likeness (QED) is 0.108. The van der Waals surface area contributed by atoms with E-state index in [0.717, 1.165) is 62.3 Å². The van der Waals surface area contributed by atoms with Crippen molar-refractivity contribution in [2.24, 2.45) is 0 Å². The monoisotopic (exact) mass is 783 g/mol. The van der Waals surface area contributed by atoms with Crippen LogP contribution in [0.15, 0.2) is 249 Å². The molecular formula is C58H45N3. The zero-order valence-electron chi connectivity index (χ0n) is 33.8. The first-order valence-electron chi connectivity index (χ1n) is 20.7. The summed E-state index contributed by atoms with van der Waals surface area (Å²) in [5, 5.41) is 0. The van der Waals surface area contributed by atoms with E-state index in [0.29, 0.717) is 0 Å². The Morgan fingerprint density at radius 1 is 0.164 bits per heavy atom. The van der Waals surface area contributed by atoms with Gasteiger partial charge in [-0.25, -0.2) is 0 Å². The van der Waals surface area contributed by atoms with Gasteiger partial charge < -0.3 is 14.7 Å². The second-order valence-corrected chi connectivity index (χ2v) is 14.7. The standard InChI is InChI=1S/C58H45N3/c1-6-16-46(17-7-1)26-28-48-30-34-53(35-31-48)59(50-20-10-3-11-21-50)55-38-42-57(43-39-55)61(52-24-14-5-15-25-52)58-44-40-56(41-45-58)60(51-22-12-4-13-23-51)54-36-32-49(33-37-54)29-27-47-18-8-2-9-19-47/h1-45H. The van der Waals surface area contributed by atoms with E-state index < -0.39 is 0 Å². The average Bonchev–Trinajstić information content (AvgIpc) is 3.34. The van der Waals surface area contributed by atoms with Crippen LogP contribution in [0.2, 0.25) is 0 Å². The highest BCUT2D eigenvalue weighted by Gasteiger charge is 2.18. The molecule has 0 bridgehead atoms. The molecule has 9 rings (SSSR count). The van der Waals surface area contributed by atoms with Crippen LogP contribution in [0, 0.1) is 0 Å². The van der Waals surface area contributed by atoms with Gasteiger partial charge in [-0.15, -0.1) is 0 Å². The van der Waals surface area contributed by atoms with Crippen LogP contribution in [0.25, 0.3) is 24.3 Å². The maximum atomic E-state index is 2.31. The van der Waals surface area contributed by atoms with Crippen LogP contribution in [0.5, 0.6) is 0 Å². The summed E-state index contributed by atoms with van der Waals surface area (Å²) in [6, 6.07) is 87.7. The third-order valence-corrected chi connectivity index (χ3v) is 10.6. The van der Waals surface area contributed by atoms with Crippen LogP contribution in [0.4, 0.5) is 51.2 Å². The van der Waals surface area contributed by atoms with Gasteiger partial charge in [-0.1, -0.05) is 164 Å². The van der Waals surface area contributed by atoms with Crippen LogP contribution in [0.1, 0.15) is 22.3 Å². The molecule has 9 aromatic rings. The molecule has 0 unspecified atom stereocenters. The summed E-state index contributed by atoms with van der Waals surface area (Å²) in [5.41, 5.74) is 14.4. The zero-order chi connectivity index (χ0) is 41.1. The summed E-state index contributed by atoms with van der Waals surface area (Å²) in [4.78, 5) is 6.93. The first-order valence-corrected chi connectivity index (χ1v) is 20.7. The number of nitrogens with zero attached hydrogens (tertiary/aromatic N) is 3. The molecule has 0 aliphatic rings. The maximum absolute atomic E-state index is 2.31. The molecular weight excluding hydrogens is 739 g/mol. The predicted molar refractivity (Wildman–Crippen MR) is 261 cm³/mol. The Morgan fingerprint density at radius 2 is 0.328 bits per heavy atom. The highest BCUT2D eigenvalue weighted by molar-refractivity contribution is 5.84. The van der Waals surface area contributed by atoms with Gasteiger partial charge in [0.25, 0.3) is 0 Å². The van der Waals surface area contributed by atoms with Gasteiger partial charge in [0.2, 0.25) is 0 Å². The van der Waals surface area contributed by atoms with Crippen LogP contribution >= 0.6 is 0 Å². The normalized spacial score (nSPS) is 11.1. The number of benzene rings is 9. The van der Waals surface area contributed by atoms with Gasteiger partial charge >= 0.3 is 0 Å². The molecule has 61 heavy (non-hydrogen) atoms. The van der Waals surface area contributed by atoms with Crippen molar-refractivity contribution >= 4 is 75.5 Å². The summed E-state index contributed by atoms with van der Waals surface area (Å²) in [6.07, 6.45) is 8.62. The minimum atomic E-state index is 1.07. The largest absolute Gasteiger partial charge is 0.311 e. The fraction of sp³-hybridized carbons (Fsp3) is 0. The third-order valence-electron chi connectivity index (χ3n) is 10.6. The van der Waals surface area contributed by atoms with E-state index in [2.05, 4.69) is 276 Å². The number of para-hydroxylation sites is 3. The van der Waals surface area contributed by atoms with Crippen molar-refractivity contribution in [1.29, 1.82) is 0 Å². The number of rotatable bonds is 13. The fourth-order valence-corrected chi connectivity index (χ4v) is 7.56. The van der Waals surface area contributed by atoms with Gasteiger partial charge in [-0.05, 0) is 131 Å². The first kappa shape index (κ1) is 38.4. The van der Waals surface area contributed by atoms with E-state index in [-0.39, 0.29) is 0 Å². The highest BCUT2D eigenvalue weighted by Crippen LogP contribution is 2.41. The van der Waals surface area contributed by atoms with E-state index in [1.54, 1.807) is 0 Å². The van der Waals surface area contributed by atoms with E-state index in [4.69, 9.17) is 0 Å². The van der Waals surface area contributed by atoms with Crippen molar-refractivity contribution in [3.8, 4) is 0 Å². The molecule has 292 valence electrons. The van der Waals surface area contributed by atoms with Gasteiger partial charge in [0, 0.05) is 51.2 Å². The van der Waals surface area contributed by atoms with Gasteiger partial charge in [0.05, 0.1) is 0 Å². The van der Waals surface area contributed by atoms with Gasteiger partial charge in [-0.3, -0.25) is 0 Å². The molecule has 9 aromatic carbocycles. The maximum Gasteiger partial charge on any atom is 0.0463 e. The molecule has 0 spiro atoms.